The summed E-state index contributed by atoms with van der Waals surface area (Å²) in [7, 11) is 0. The molecule has 3 heteroatoms. The van der Waals surface area contributed by atoms with E-state index in [1.165, 1.54) is 12.8 Å². The van der Waals surface area contributed by atoms with Gasteiger partial charge in [0.1, 0.15) is 0 Å². The lowest BCUT2D eigenvalue weighted by Crippen LogP contribution is -2.46. The molecule has 0 heterocycles. The molecule has 1 saturated carbocycles. The minimum absolute atomic E-state index is 0.123. The predicted octanol–water partition coefficient (Wildman–Crippen LogP) is 2.06. The van der Waals surface area contributed by atoms with E-state index < -0.39 is 0 Å². The van der Waals surface area contributed by atoms with Crippen molar-refractivity contribution in [3.63, 3.8) is 0 Å². The average Bonchev–Trinajstić information content (AvgIpc) is 2.65. The van der Waals surface area contributed by atoms with Crippen molar-refractivity contribution in [2.24, 2.45) is 17.1 Å². The molecule has 1 aliphatic carbocycles. The quantitative estimate of drug-likeness (QED) is 0.754. The average molecular weight is 226 g/mol. The van der Waals surface area contributed by atoms with Crippen LogP contribution in [0, 0.1) is 11.3 Å². The third-order valence-corrected chi connectivity index (χ3v) is 3.85. The zero-order chi connectivity index (χ0) is 12.2. The molecular formula is C13H26N2O. The van der Waals surface area contributed by atoms with Gasteiger partial charge in [-0.15, -0.1) is 0 Å². The number of rotatable bonds is 5. The first-order chi connectivity index (χ1) is 7.49. The molecule has 0 spiro atoms. The van der Waals surface area contributed by atoms with Crippen LogP contribution in [0.5, 0.6) is 0 Å². The van der Waals surface area contributed by atoms with E-state index in [0.29, 0.717) is 12.5 Å². The van der Waals surface area contributed by atoms with Crippen LogP contribution in [-0.4, -0.2) is 18.5 Å². The van der Waals surface area contributed by atoms with Crippen LogP contribution in [0.4, 0.5) is 0 Å². The Bertz CT molecular complexity index is 232. The van der Waals surface area contributed by atoms with Crippen molar-refractivity contribution in [1.29, 1.82) is 0 Å². The van der Waals surface area contributed by atoms with Gasteiger partial charge < -0.3 is 11.1 Å². The minimum atomic E-state index is -0.123. The monoisotopic (exact) mass is 226 g/mol. The Kier molecular flexibility index (Phi) is 4.78. The van der Waals surface area contributed by atoms with Gasteiger partial charge in [0.05, 0.1) is 0 Å². The molecule has 1 unspecified atom stereocenters. The molecule has 94 valence electrons. The van der Waals surface area contributed by atoms with Crippen molar-refractivity contribution in [2.45, 2.75) is 58.9 Å². The minimum Gasteiger partial charge on any atom is -0.353 e. The number of hydrogen-bond donors (Lipinski definition) is 2. The molecule has 1 rings (SSSR count). The molecule has 0 aliphatic heterocycles. The summed E-state index contributed by atoms with van der Waals surface area (Å²) in [5, 5.41) is 3.18. The molecule has 3 N–H and O–H groups in total. The molecule has 0 radical (unpaired) electrons. The van der Waals surface area contributed by atoms with Crippen LogP contribution in [-0.2, 0) is 4.79 Å². The summed E-state index contributed by atoms with van der Waals surface area (Å²) < 4.78 is 0. The highest BCUT2D eigenvalue weighted by Crippen LogP contribution is 2.37. The van der Waals surface area contributed by atoms with Crippen molar-refractivity contribution in [3.8, 4) is 0 Å². The van der Waals surface area contributed by atoms with E-state index in [0.717, 1.165) is 19.3 Å². The summed E-state index contributed by atoms with van der Waals surface area (Å²) in [6, 6.07) is 0.231. The Morgan fingerprint density at radius 2 is 1.94 bits per heavy atom. The predicted molar refractivity (Wildman–Crippen MR) is 67.0 cm³/mol. The number of nitrogens with two attached hydrogens (primary N) is 1. The van der Waals surface area contributed by atoms with E-state index in [9.17, 15) is 4.79 Å². The lowest BCUT2D eigenvalue weighted by atomic mass is 9.87. The summed E-state index contributed by atoms with van der Waals surface area (Å²) >= 11 is 0. The van der Waals surface area contributed by atoms with Gasteiger partial charge in [0.15, 0.2) is 0 Å². The van der Waals surface area contributed by atoms with E-state index in [1.807, 2.05) is 0 Å². The van der Waals surface area contributed by atoms with Crippen molar-refractivity contribution < 1.29 is 4.79 Å². The largest absolute Gasteiger partial charge is 0.353 e. The number of hydrogen-bond acceptors (Lipinski definition) is 2. The molecule has 1 aliphatic rings. The fourth-order valence-electron chi connectivity index (χ4n) is 2.48. The summed E-state index contributed by atoms with van der Waals surface area (Å²) in [6.45, 7) is 7.00. The molecule has 3 nitrogen and oxygen atoms in total. The van der Waals surface area contributed by atoms with Crippen molar-refractivity contribution in [1.82, 2.24) is 5.32 Å². The molecule has 1 amide bonds. The van der Waals surface area contributed by atoms with Crippen LogP contribution in [0.3, 0.4) is 0 Å². The van der Waals surface area contributed by atoms with E-state index in [-0.39, 0.29) is 17.4 Å². The topological polar surface area (TPSA) is 55.1 Å². The van der Waals surface area contributed by atoms with Gasteiger partial charge in [-0.1, -0.05) is 33.6 Å². The first-order valence-corrected chi connectivity index (χ1v) is 6.50. The number of nitrogens with one attached hydrogen (secondary N) is 1. The third-order valence-electron chi connectivity index (χ3n) is 3.85. The van der Waals surface area contributed by atoms with Gasteiger partial charge in [0.25, 0.3) is 0 Å². The summed E-state index contributed by atoms with van der Waals surface area (Å²) in [4.78, 5) is 12.2. The van der Waals surface area contributed by atoms with Crippen LogP contribution >= 0.6 is 0 Å². The molecule has 0 saturated heterocycles. The second-order valence-electron chi connectivity index (χ2n) is 5.67. The Morgan fingerprint density at radius 3 is 2.38 bits per heavy atom. The SMILES string of the molecule is CC(C)C(CCN)NC(=O)C1(C)CCCC1. The molecule has 0 aromatic heterocycles. The highest BCUT2D eigenvalue weighted by Gasteiger charge is 2.37. The van der Waals surface area contributed by atoms with Crippen LogP contribution in [0.2, 0.25) is 0 Å². The molecule has 1 atom stereocenters. The molecular weight excluding hydrogens is 200 g/mol. The van der Waals surface area contributed by atoms with Gasteiger partial charge in [-0.25, -0.2) is 0 Å². The molecule has 0 aromatic carbocycles. The normalized spacial score (nSPS) is 21.1. The Hall–Kier alpha value is -0.570. The maximum atomic E-state index is 12.2. The molecule has 1 fully saturated rings. The molecule has 0 aromatic rings. The Labute approximate surface area is 99.2 Å². The maximum absolute atomic E-state index is 12.2. The zero-order valence-corrected chi connectivity index (χ0v) is 10.9. The van der Waals surface area contributed by atoms with E-state index in [4.69, 9.17) is 5.73 Å². The van der Waals surface area contributed by atoms with Crippen molar-refractivity contribution >= 4 is 5.91 Å². The highest BCUT2D eigenvalue weighted by molar-refractivity contribution is 5.82. The van der Waals surface area contributed by atoms with Crippen LogP contribution in [0.25, 0.3) is 0 Å². The van der Waals surface area contributed by atoms with E-state index in [1.54, 1.807) is 0 Å². The second-order valence-corrected chi connectivity index (χ2v) is 5.67. The molecule has 0 bridgehead atoms. The third kappa shape index (κ3) is 3.21. The summed E-state index contributed by atoms with van der Waals surface area (Å²) in [5.41, 5.74) is 5.45. The second kappa shape index (κ2) is 5.67. The Balaban J connectivity index is 2.53. The van der Waals surface area contributed by atoms with Gasteiger partial charge in [-0.05, 0) is 31.7 Å². The lowest BCUT2D eigenvalue weighted by molar-refractivity contribution is -0.131. The van der Waals surface area contributed by atoms with Crippen LogP contribution in [0.1, 0.15) is 52.9 Å². The van der Waals surface area contributed by atoms with Gasteiger partial charge in [0, 0.05) is 11.5 Å². The lowest BCUT2D eigenvalue weighted by Gasteiger charge is -2.28. The fraction of sp³-hybridized carbons (Fsp3) is 0.923. The number of amides is 1. The van der Waals surface area contributed by atoms with Crippen LogP contribution in [0.15, 0.2) is 0 Å². The van der Waals surface area contributed by atoms with Gasteiger partial charge >= 0.3 is 0 Å². The van der Waals surface area contributed by atoms with Crippen molar-refractivity contribution in [2.75, 3.05) is 6.54 Å². The summed E-state index contributed by atoms with van der Waals surface area (Å²) in [6.07, 6.45) is 5.32. The van der Waals surface area contributed by atoms with E-state index >= 15 is 0 Å². The van der Waals surface area contributed by atoms with E-state index in [2.05, 4.69) is 26.1 Å². The summed E-state index contributed by atoms with van der Waals surface area (Å²) in [5.74, 6) is 0.689. The zero-order valence-electron chi connectivity index (χ0n) is 10.9. The van der Waals surface area contributed by atoms with Gasteiger partial charge in [0.2, 0.25) is 5.91 Å². The maximum Gasteiger partial charge on any atom is 0.226 e. The Morgan fingerprint density at radius 1 is 1.38 bits per heavy atom. The first kappa shape index (κ1) is 13.5. The first-order valence-electron chi connectivity index (χ1n) is 6.50. The number of carbonyl (C=O) groups excluding carboxylic acids is 1. The highest BCUT2D eigenvalue weighted by atomic mass is 16.2. The van der Waals surface area contributed by atoms with Crippen LogP contribution < -0.4 is 11.1 Å². The fourth-order valence-corrected chi connectivity index (χ4v) is 2.48. The van der Waals surface area contributed by atoms with Gasteiger partial charge in [-0.2, -0.15) is 0 Å². The molecule has 16 heavy (non-hydrogen) atoms. The standard InChI is InChI=1S/C13H26N2O/c1-10(2)11(6-9-14)15-12(16)13(3)7-4-5-8-13/h10-11H,4-9,14H2,1-3H3,(H,15,16). The van der Waals surface area contributed by atoms with Gasteiger partial charge in [-0.3, -0.25) is 4.79 Å². The van der Waals surface area contributed by atoms with Crippen molar-refractivity contribution in [3.05, 3.63) is 0 Å². The number of carbonyl (C=O) groups is 1. The smallest absolute Gasteiger partial charge is 0.226 e.